The zero-order valence-electron chi connectivity index (χ0n) is 13.6. The van der Waals surface area contributed by atoms with E-state index in [4.69, 9.17) is 10.5 Å². The van der Waals surface area contributed by atoms with Gasteiger partial charge in [0.15, 0.2) is 0 Å². The molecule has 2 aromatic rings. The van der Waals surface area contributed by atoms with E-state index in [9.17, 15) is 4.79 Å². The molecule has 0 aromatic heterocycles. The lowest BCUT2D eigenvalue weighted by molar-refractivity contribution is -0.126. The Morgan fingerprint density at radius 1 is 1.04 bits per heavy atom. The first kappa shape index (κ1) is 15.2. The molecular formula is C20H22N2O2. The minimum Gasteiger partial charge on any atom is -0.457 e. The Bertz CT molecular complexity index is 713. The summed E-state index contributed by atoms with van der Waals surface area (Å²) in [7, 11) is 0. The second-order valence-electron chi connectivity index (χ2n) is 6.65. The van der Waals surface area contributed by atoms with E-state index in [1.807, 2.05) is 48.5 Å². The van der Waals surface area contributed by atoms with E-state index in [-0.39, 0.29) is 17.9 Å². The van der Waals surface area contributed by atoms with Crippen molar-refractivity contribution in [2.24, 2.45) is 17.6 Å². The molecule has 0 saturated heterocycles. The standard InChI is InChI=1S/C20H22N2O2/c21-12-13-6-5-9-14(13)20(23)22-19-15-7-1-3-10-17(15)24-18-11-4-2-8-16(18)19/h1-4,7-8,10-11,13-14,19H,5-6,9,12,21H2,(H,22,23)/t13-,14-/m1/s1. The molecular weight excluding hydrogens is 300 g/mol. The Hall–Kier alpha value is -2.33. The number of fused-ring (bicyclic) bond motifs is 2. The molecule has 1 aliphatic heterocycles. The molecule has 1 aliphatic carbocycles. The smallest absolute Gasteiger partial charge is 0.224 e. The molecule has 1 saturated carbocycles. The van der Waals surface area contributed by atoms with Crippen LogP contribution in [0, 0.1) is 11.8 Å². The van der Waals surface area contributed by atoms with E-state index in [2.05, 4.69) is 5.32 Å². The van der Waals surface area contributed by atoms with E-state index in [1.165, 1.54) is 0 Å². The SMILES string of the molecule is NC[C@H]1CCC[C@H]1C(=O)NC1c2ccccc2Oc2ccccc21. The minimum absolute atomic E-state index is 0.0252. The molecule has 4 rings (SSSR count). The molecule has 3 N–H and O–H groups in total. The van der Waals surface area contributed by atoms with Crippen molar-refractivity contribution in [1.29, 1.82) is 0 Å². The average Bonchev–Trinajstić information content (AvgIpc) is 3.10. The number of amides is 1. The van der Waals surface area contributed by atoms with Crippen LogP contribution < -0.4 is 15.8 Å². The Balaban J connectivity index is 1.66. The van der Waals surface area contributed by atoms with Crippen molar-refractivity contribution < 1.29 is 9.53 Å². The number of ether oxygens (including phenoxy) is 1. The summed E-state index contributed by atoms with van der Waals surface area (Å²) in [5.74, 6) is 2.05. The first-order chi connectivity index (χ1) is 11.8. The molecule has 1 heterocycles. The van der Waals surface area contributed by atoms with Crippen LogP contribution in [0.4, 0.5) is 0 Å². The fraction of sp³-hybridized carbons (Fsp3) is 0.350. The van der Waals surface area contributed by atoms with Crippen LogP contribution in [-0.4, -0.2) is 12.5 Å². The Labute approximate surface area is 142 Å². The van der Waals surface area contributed by atoms with Crippen molar-refractivity contribution in [3.05, 3.63) is 59.7 Å². The maximum absolute atomic E-state index is 12.9. The van der Waals surface area contributed by atoms with Gasteiger partial charge in [-0.05, 0) is 37.4 Å². The van der Waals surface area contributed by atoms with Gasteiger partial charge in [-0.25, -0.2) is 0 Å². The van der Waals surface area contributed by atoms with Gasteiger partial charge >= 0.3 is 0 Å². The van der Waals surface area contributed by atoms with Gasteiger partial charge in [0.1, 0.15) is 11.5 Å². The molecule has 2 atom stereocenters. The molecule has 1 fully saturated rings. The predicted molar refractivity (Wildman–Crippen MR) is 92.8 cm³/mol. The number of benzene rings is 2. The van der Waals surface area contributed by atoms with E-state index < -0.39 is 0 Å². The Kier molecular flexibility index (Phi) is 3.98. The van der Waals surface area contributed by atoms with E-state index in [0.717, 1.165) is 41.9 Å². The van der Waals surface area contributed by atoms with Gasteiger partial charge in [-0.1, -0.05) is 42.8 Å². The van der Waals surface area contributed by atoms with Crippen molar-refractivity contribution in [1.82, 2.24) is 5.32 Å². The third kappa shape index (κ3) is 2.57. The van der Waals surface area contributed by atoms with Gasteiger partial charge < -0.3 is 15.8 Å². The number of para-hydroxylation sites is 2. The quantitative estimate of drug-likeness (QED) is 0.910. The van der Waals surface area contributed by atoms with Crippen molar-refractivity contribution in [2.45, 2.75) is 25.3 Å². The van der Waals surface area contributed by atoms with Crippen LogP contribution in [-0.2, 0) is 4.79 Å². The van der Waals surface area contributed by atoms with Gasteiger partial charge in [0.25, 0.3) is 0 Å². The largest absolute Gasteiger partial charge is 0.457 e. The molecule has 0 radical (unpaired) electrons. The highest BCUT2D eigenvalue weighted by atomic mass is 16.5. The summed E-state index contributed by atoms with van der Waals surface area (Å²) in [4.78, 5) is 12.9. The normalized spacial score (nSPS) is 22.4. The number of rotatable bonds is 3. The maximum Gasteiger partial charge on any atom is 0.224 e. The van der Waals surface area contributed by atoms with Crippen LogP contribution >= 0.6 is 0 Å². The van der Waals surface area contributed by atoms with Crippen molar-refractivity contribution in [2.75, 3.05) is 6.54 Å². The van der Waals surface area contributed by atoms with Crippen molar-refractivity contribution in [3.8, 4) is 11.5 Å². The van der Waals surface area contributed by atoms with Crippen molar-refractivity contribution >= 4 is 5.91 Å². The molecule has 1 amide bonds. The van der Waals surface area contributed by atoms with Gasteiger partial charge in [-0.15, -0.1) is 0 Å². The predicted octanol–water partition coefficient (Wildman–Crippen LogP) is 3.37. The van der Waals surface area contributed by atoms with Crippen LogP contribution in [0.15, 0.2) is 48.5 Å². The lowest BCUT2D eigenvalue weighted by Crippen LogP contribution is -2.38. The van der Waals surface area contributed by atoms with Gasteiger partial charge in [0.2, 0.25) is 5.91 Å². The van der Waals surface area contributed by atoms with E-state index in [1.54, 1.807) is 0 Å². The Morgan fingerprint density at radius 2 is 1.67 bits per heavy atom. The molecule has 124 valence electrons. The second-order valence-corrected chi connectivity index (χ2v) is 6.65. The fourth-order valence-electron chi connectivity index (χ4n) is 3.98. The molecule has 2 aromatic carbocycles. The Morgan fingerprint density at radius 3 is 2.29 bits per heavy atom. The number of carbonyl (C=O) groups excluding carboxylic acids is 1. The molecule has 0 spiro atoms. The molecule has 4 heteroatoms. The first-order valence-corrected chi connectivity index (χ1v) is 8.64. The van der Waals surface area contributed by atoms with Gasteiger partial charge in [-0.2, -0.15) is 0 Å². The topological polar surface area (TPSA) is 64.4 Å². The fourth-order valence-corrected chi connectivity index (χ4v) is 3.98. The highest BCUT2D eigenvalue weighted by Gasteiger charge is 2.35. The monoisotopic (exact) mass is 322 g/mol. The van der Waals surface area contributed by atoms with Crippen LogP contribution in [0.5, 0.6) is 11.5 Å². The summed E-state index contributed by atoms with van der Waals surface area (Å²) in [5, 5.41) is 3.26. The highest BCUT2D eigenvalue weighted by molar-refractivity contribution is 5.80. The minimum atomic E-state index is -0.169. The van der Waals surface area contributed by atoms with Crippen molar-refractivity contribution in [3.63, 3.8) is 0 Å². The third-order valence-corrected chi connectivity index (χ3v) is 5.27. The van der Waals surface area contributed by atoms with Crippen LogP contribution in [0.2, 0.25) is 0 Å². The first-order valence-electron chi connectivity index (χ1n) is 8.64. The van der Waals surface area contributed by atoms with Gasteiger partial charge in [0.05, 0.1) is 6.04 Å². The number of nitrogens with one attached hydrogen (secondary N) is 1. The van der Waals surface area contributed by atoms with Crippen LogP contribution in [0.25, 0.3) is 0 Å². The zero-order chi connectivity index (χ0) is 16.5. The summed E-state index contributed by atoms with van der Waals surface area (Å²) in [6.07, 6.45) is 3.07. The number of nitrogens with two attached hydrogens (primary N) is 1. The summed E-state index contributed by atoms with van der Waals surface area (Å²) >= 11 is 0. The van der Waals surface area contributed by atoms with E-state index in [0.29, 0.717) is 12.5 Å². The summed E-state index contributed by atoms with van der Waals surface area (Å²) < 4.78 is 5.99. The number of hydrogen-bond acceptors (Lipinski definition) is 3. The van der Waals surface area contributed by atoms with Crippen LogP contribution in [0.3, 0.4) is 0 Å². The molecule has 24 heavy (non-hydrogen) atoms. The third-order valence-electron chi connectivity index (χ3n) is 5.27. The number of hydrogen-bond donors (Lipinski definition) is 2. The second kappa shape index (κ2) is 6.29. The maximum atomic E-state index is 12.9. The van der Waals surface area contributed by atoms with E-state index >= 15 is 0 Å². The van der Waals surface area contributed by atoms with Gasteiger partial charge in [0, 0.05) is 17.0 Å². The molecule has 4 nitrogen and oxygen atoms in total. The summed E-state index contributed by atoms with van der Waals surface area (Å²) in [6.45, 7) is 0.582. The highest BCUT2D eigenvalue weighted by Crippen LogP contribution is 2.43. The molecule has 0 unspecified atom stereocenters. The summed E-state index contributed by atoms with van der Waals surface area (Å²) in [5.41, 5.74) is 7.86. The average molecular weight is 322 g/mol. The zero-order valence-corrected chi connectivity index (χ0v) is 13.6. The lowest BCUT2D eigenvalue weighted by atomic mass is 9.91. The summed E-state index contributed by atoms with van der Waals surface area (Å²) in [6, 6.07) is 15.6. The van der Waals surface area contributed by atoms with Crippen LogP contribution in [0.1, 0.15) is 36.4 Å². The number of carbonyl (C=O) groups is 1. The lowest BCUT2D eigenvalue weighted by Gasteiger charge is -2.30. The molecule has 0 bridgehead atoms. The molecule has 2 aliphatic rings. The van der Waals surface area contributed by atoms with Gasteiger partial charge in [-0.3, -0.25) is 4.79 Å².